The zero-order valence-corrected chi connectivity index (χ0v) is 38.7. The second kappa shape index (κ2) is 17.6. The highest BCUT2D eigenvalue weighted by molar-refractivity contribution is 8.33. The molecule has 2 bridgehead atoms. The second-order valence-corrected chi connectivity index (χ2v) is 23.5. The van der Waals surface area contributed by atoms with E-state index in [1.807, 2.05) is 13.8 Å². The number of fused-ring (bicyclic) bond motifs is 2. The number of esters is 3. The van der Waals surface area contributed by atoms with E-state index in [2.05, 4.69) is 0 Å². The first-order valence-corrected chi connectivity index (χ1v) is 23.4. The second-order valence-electron chi connectivity index (χ2n) is 19.0. The molecule has 0 heterocycles. The molecule has 61 heavy (non-hydrogen) atoms. The summed E-state index contributed by atoms with van der Waals surface area (Å²) in [6.07, 6.45) is 1.42. The topological polar surface area (TPSA) is 167 Å². The van der Waals surface area contributed by atoms with Crippen LogP contribution in [-0.2, 0) is 47.1 Å². The Labute approximate surface area is 361 Å². The molecule has 5 rings (SSSR count). The largest absolute Gasteiger partial charge is 0.482 e. The van der Waals surface area contributed by atoms with Crippen LogP contribution in [0, 0.1) is 16.7 Å². The molecule has 0 saturated heterocycles. The minimum absolute atomic E-state index is 0.0451. The van der Waals surface area contributed by atoms with Crippen molar-refractivity contribution in [1.29, 1.82) is 0 Å². The summed E-state index contributed by atoms with van der Waals surface area (Å²) in [7, 11) is -8.09. The zero-order chi connectivity index (χ0) is 45.2. The van der Waals surface area contributed by atoms with Crippen LogP contribution in [0.1, 0.15) is 95.4 Å². The Morgan fingerprint density at radius 2 is 0.984 bits per heavy atom. The minimum atomic E-state index is -4.62. The van der Waals surface area contributed by atoms with E-state index >= 15 is 8.42 Å². The van der Waals surface area contributed by atoms with Crippen molar-refractivity contribution in [2.24, 2.45) is 16.7 Å². The number of Topliss-reactive ketones (excluding diaryl/α,β-unsaturated/α-hetero) is 1. The lowest BCUT2D eigenvalue weighted by Crippen LogP contribution is -2.42. The van der Waals surface area contributed by atoms with Crippen LogP contribution in [0.3, 0.4) is 0 Å². The highest BCUT2D eigenvalue weighted by Crippen LogP contribution is 2.72. The van der Waals surface area contributed by atoms with Crippen LogP contribution in [0.2, 0.25) is 0 Å². The average Bonchev–Trinajstić information content (AvgIpc) is 3.47. The number of rotatable bonds is 16. The summed E-state index contributed by atoms with van der Waals surface area (Å²) in [5, 5.41) is 0. The summed E-state index contributed by atoms with van der Waals surface area (Å²) in [6.45, 7) is 18.2. The van der Waals surface area contributed by atoms with E-state index < -0.39 is 91.5 Å². The molecule has 334 valence electrons. The molecule has 0 aliphatic heterocycles. The van der Waals surface area contributed by atoms with Gasteiger partial charge in [-0.1, -0.05) is 32.0 Å². The normalized spacial score (nSPS) is 19.2. The molecule has 2 saturated carbocycles. The highest BCUT2D eigenvalue weighted by Gasteiger charge is 2.66. The number of hydrogen-bond acceptors (Lipinski definition) is 13. The van der Waals surface area contributed by atoms with Gasteiger partial charge in [0.25, 0.3) is 10.1 Å². The van der Waals surface area contributed by atoms with Gasteiger partial charge in [0.2, 0.25) is 0 Å². The average molecular weight is 885 g/mol. The maximum atomic E-state index is 15.0. The molecule has 0 amide bonds. The summed E-state index contributed by atoms with van der Waals surface area (Å²) in [5.41, 5.74) is -4.04. The summed E-state index contributed by atoms with van der Waals surface area (Å²) in [6, 6.07) is 19.6. The summed E-state index contributed by atoms with van der Waals surface area (Å²) in [5.74, 6) is -1.83. The molecule has 0 spiro atoms. The van der Waals surface area contributed by atoms with Gasteiger partial charge in [0, 0.05) is 21.1 Å². The third-order valence-corrected chi connectivity index (χ3v) is 15.8. The Balaban J connectivity index is 1.69. The van der Waals surface area contributed by atoms with Gasteiger partial charge in [-0.2, -0.15) is 8.42 Å². The van der Waals surface area contributed by atoms with Gasteiger partial charge in [-0.15, -0.1) is 0 Å². The molecule has 3 aromatic carbocycles. The Kier molecular flexibility index (Phi) is 13.7. The van der Waals surface area contributed by atoms with Crippen molar-refractivity contribution >= 4 is 44.1 Å². The first kappa shape index (κ1) is 47.4. The molecule has 13 nitrogen and oxygen atoms in total. The number of ketones is 1. The Hall–Kier alpha value is -4.60. The van der Waals surface area contributed by atoms with Gasteiger partial charge >= 0.3 is 17.9 Å². The minimum Gasteiger partial charge on any atom is -0.482 e. The molecule has 2 fully saturated rings. The van der Waals surface area contributed by atoms with E-state index in [0.717, 1.165) is 6.42 Å². The van der Waals surface area contributed by atoms with Gasteiger partial charge in [-0.25, -0.2) is 18.0 Å². The fourth-order valence-corrected chi connectivity index (χ4v) is 14.0. The molecule has 0 aromatic heterocycles. The van der Waals surface area contributed by atoms with Crippen LogP contribution in [0.15, 0.2) is 87.5 Å². The van der Waals surface area contributed by atoms with Crippen molar-refractivity contribution in [2.75, 3.05) is 25.6 Å². The van der Waals surface area contributed by atoms with Crippen molar-refractivity contribution in [3.63, 3.8) is 0 Å². The van der Waals surface area contributed by atoms with Crippen LogP contribution in [0.4, 0.5) is 0 Å². The smallest absolute Gasteiger partial charge is 0.344 e. The molecule has 2 aliphatic carbocycles. The van der Waals surface area contributed by atoms with Gasteiger partial charge in [-0.05, 0) is 151 Å². The van der Waals surface area contributed by atoms with E-state index in [9.17, 15) is 19.2 Å². The molecular weight excluding hydrogens is 825 g/mol. The lowest BCUT2D eigenvalue weighted by Gasteiger charge is -2.42. The number of benzene rings is 3. The monoisotopic (exact) mass is 884 g/mol. The number of carbonyl (C=O) groups is 4. The van der Waals surface area contributed by atoms with E-state index in [1.54, 1.807) is 135 Å². The summed E-state index contributed by atoms with van der Waals surface area (Å²) < 4.78 is 70.9. The van der Waals surface area contributed by atoms with Crippen molar-refractivity contribution in [3.05, 3.63) is 72.8 Å². The Bertz CT molecular complexity index is 2050. The van der Waals surface area contributed by atoms with E-state index in [0.29, 0.717) is 27.5 Å². The van der Waals surface area contributed by atoms with Crippen molar-refractivity contribution in [1.82, 2.24) is 0 Å². The molecule has 15 heteroatoms. The zero-order valence-electron chi connectivity index (χ0n) is 37.1. The van der Waals surface area contributed by atoms with E-state index in [4.69, 9.17) is 32.1 Å². The maximum absolute atomic E-state index is 15.0. The van der Waals surface area contributed by atoms with Crippen LogP contribution in [0.5, 0.6) is 17.2 Å². The number of ether oxygens (including phenoxy) is 6. The first-order valence-electron chi connectivity index (χ1n) is 20.3. The van der Waals surface area contributed by atoms with E-state index in [1.165, 1.54) is 0 Å². The van der Waals surface area contributed by atoms with Crippen molar-refractivity contribution < 1.29 is 59.6 Å². The van der Waals surface area contributed by atoms with Gasteiger partial charge in [0.1, 0.15) is 39.8 Å². The summed E-state index contributed by atoms with van der Waals surface area (Å²) >= 11 is 0. The fraction of sp³-hybridized carbons (Fsp3) is 0.522. The quantitative estimate of drug-likeness (QED) is 0.0990. The van der Waals surface area contributed by atoms with Crippen LogP contribution in [-0.4, -0.2) is 74.5 Å². The third kappa shape index (κ3) is 11.7. The van der Waals surface area contributed by atoms with Gasteiger partial charge in [0.05, 0.1) is 11.2 Å². The molecule has 3 aromatic rings. The Morgan fingerprint density at radius 3 is 1.28 bits per heavy atom. The lowest BCUT2D eigenvalue weighted by molar-refractivity contribution is -0.158. The molecule has 2 atom stereocenters. The SMILES string of the molecule is CC(C)(C)OC(=O)COc1cccc(S(OS(=O)(=O)CC23CCC(CC2=O)C3(C)C)(c2cccc(OCC(=O)OC(C)(C)C)c2)c2cccc(OCC(=O)OC(C)(C)C)c2)c1. The molecular formula is C46H60O13S2. The van der Waals surface area contributed by atoms with Crippen LogP contribution < -0.4 is 14.2 Å². The van der Waals surface area contributed by atoms with Gasteiger partial charge in [-0.3, -0.25) is 4.79 Å². The van der Waals surface area contributed by atoms with Crippen LogP contribution >= 0.6 is 10.3 Å². The molecule has 2 unspecified atom stereocenters. The Morgan fingerprint density at radius 1 is 0.623 bits per heavy atom. The molecule has 0 N–H and O–H groups in total. The summed E-state index contributed by atoms with van der Waals surface area (Å²) in [4.78, 5) is 52.9. The lowest BCUT2D eigenvalue weighted by atomic mass is 9.70. The predicted octanol–water partition coefficient (Wildman–Crippen LogP) is 8.79. The van der Waals surface area contributed by atoms with E-state index in [-0.39, 0.29) is 28.9 Å². The predicted molar refractivity (Wildman–Crippen MR) is 229 cm³/mol. The highest BCUT2D eigenvalue weighted by atomic mass is 32.3. The van der Waals surface area contributed by atoms with Gasteiger partial charge < -0.3 is 28.4 Å². The number of carbonyl (C=O) groups excluding carboxylic acids is 4. The fourth-order valence-electron chi connectivity index (χ4n) is 7.88. The standard InChI is InChI=1S/C46H60O13S2/c1-42(2,3)56-39(48)27-53-32-15-12-18-35(24-32)61(36-19-13-16-33(25-36)54-28-40(49)57-43(4,5)6,37-20-14-17-34(26-37)55-29-41(50)58-44(7,8)9)59-60(51,52)30-46-22-21-31(23-38(46)47)45(46,10)11/h12-20,24-26,31H,21-23,27-30H2,1-11H3. The first-order chi connectivity index (χ1) is 28.1. The van der Waals surface area contributed by atoms with Crippen molar-refractivity contribution in [2.45, 2.75) is 127 Å². The number of hydrogen-bond donors (Lipinski definition) is 0. The molecule has 2 aliphatic rings. The third-order valence-electron chi connectivity index (χ3n) is 10.5. The van der Waals surface area contributed by atoms with Crippen molar-refractivity contribution in [3.8, 4) is 17.2 Å². The maximum Gasteiger partial charge on any atom is 0.344 e. The molecule has 0 radical (unpaired) electrons. The van der Waals surface area contributed by atoms with Gasteiger partial charge in [0.15, 0.2) is 19.8 Å². The van der Waals surface area contributed by atoms with Crippen LogP contribution in [0.25, 0.3) is 0 Å².